The van der Waals surface area contributed by atoms with Gasteiger partial charge in [-0.05, 0) is 32.9 Å². The van der Waals surface area contributed by atoms with E-state index in [1.165, 1.54) is 12.8 Å². The second kappa shape index (κ2) is 8.48. The first-order valence-corrected chi connectivity index (χ1v) is 7.28. The highest BCUT2D eigenvalue weighted by Gasteiger charge is 2.23. The topological polar surface area (TPSA) is 52.6 Å². The van der Waals surface area contributed by atoms with Gasteiger partial charge in [0, 0.05) is 19.0 Å². The van der Waals surface area contributed by atoms with Crippen LogP contribution < -0.4 is 5.32 Å². The van der Waals surface area contributed by atoms with Crippen LogP contribution in [-0.4, -0.2) is 48.2 Å². The summed E-state index contributed by atoms with van der Waals surface area (Å²) in [5, 5.41) is 12.9. The van der Waals surface area contributed by atoms with Crippen LogP contribution in [0.25, 0.3) is 0 Å². The number of nitrogens with zero attached hydrogens (tertiary/aromatic N) is 1. The first kappa shape index (κ1) is 15.4. The average Bonchev–Trinajstić information content (AvgIpc) is 2.32. The van der Waals surface area contributed by atoms with Crippen LogP contribution in [-0.2, 0) is 4.79 Å². The molecule has 0 aromatic rings. The Hall–Kier alpha value is -0.610. The molecule has 0 saturated carbocycles. The van der Waals surface area contributed by atoms with E-state index in [4.69, 9.17) is 0 Å². The molecule has 1 rings (SSSR count). The summed E-state index contributed by atoms with van der Waals surface area (Å²) in [5.41, 5.74) is 0. The van der Waals surface area contributed by atoms with Crippen molar-refractivity contribution in [1.29, 1.82) is 0 Å². The molecule has 4 nitrogen and oxygen atoms in total. The van der Waals surface area contributed by atoms with Crippen LogP contribution in [0.1, 0.15) is 51.9 Å². The second-order valence-electron chi connectivity index (χ2n) is 5.43. The second-order valence-corrected chi connectivity index (χ2v) is 5.43. The monoisotopic (exact) mass is 256 g/mol. The lowest BCUT2D eigenvalue weighted by Crippen LogP contribution is -2.43. The van der Waals surface area contributed by atoms with Crippen LogP contribution in [0, 0.1) is 0 Å². The minimum Gasteiger partial charge on any atom is -0.393 e. The van der Waals surface area contributed by atoms with E-state index in [1.807, 2.05) is 0 Å². The lowest BCUT2D eigenvalue weighted by molar-refractivity contribution is -0.123. The van der Waals surface area contributed by atoms with Crippen molar-refractivity contribution >= 4 is 5.91 Å². The summed E-state index contributed by atoms with van der Waals surface area (Å²) in [4.78, 5) is 13.8. The number of hydrogen-bond acceptors (Lipinski definition) is 3. The molecule has 0 radical (unpaired) electrons. The molecule has 0 unspecified atom stereocenters. The maximum absolute atomic E-state index is 11.6. The number of unbranched alkanes of at least 4 members (excludes halogenated alkanes) is 2. The third-order valence-electron chi connectivity index (χ3n) is 3.74. The molecule has 0 spiro atoms. The third-order valence-corrected chi connectivity index (χ3v) is 3.74. The molecular weight excluding hydrogens is 228 g/mol. The number of amides is 1. The summed E-state index contributed by atoms with van der Waals surface area (Å²) >= 11 is 0. The summed E-state index contributed by atoms with van der Waals surface area (Å²) in [6.45, 7) is 3.93. The third kappa shape index (κ3) is 5.83. The molecule has 18 heavy (non-hydrogen) atoms. The van der Waals surface area contributed by atoms with Gasteiger partial charge in [0.15, 0.2) is 0 Å². The Balaban J connectivity index is 2.37. The Morgan fingerprint density at radius 1 is 1.50 bits per heavy atom. The minimum atomic E-state index is -0.267. The predicted molar refractivity (Wildman–Crippen MR) is 73.4 cm³/mol. The summed E-state index contributed by atoms with van der Waals surface area (Å²) in [5.74, 6) is 0.118. The van der Waals surface area contributed by atoms with Crippen LogP contribution in [0.2, 0.25) is 0 Å². The first-order valence-electron chi connectivity index (χ1n) is 7.28. The van der Waals surface area contributed by atoms with Crippen molar-refractivity contribution in [1.82, 2.24) is 10.2 Å². The zero-order chi connectivity index (χ0) is 13.4. The average molecular weight is 256 g/mol. The minimum absolute atomic E-state index is 0.118. The van der Waals surface area contributed by atoms with Crippen molar-refractivity contribution in [3.05, 3.63) is 0 Å². The maximum Gasteiger partial charge on any atom is 0.221 e. The van der Waals surface area contributed by atoms with Gasteiger partial charge in [-0.2, -0.15) is 0 Å². The van der Waals surface area contributed by atoms with E-state index in [0.717, 1.165) is 32.4 Å². The molecule has 2 N–H and O–H groups in total. The van der Waals surface area contributed by atoms with Gasteiger partial charge >= 0.3 is 0 Å². The number of rotatable bonds is 6. The van der Waals surface area contributed by atoms with E-state index in [1.54, 1.807) is 0 Å². The zero-order valence-corrected chi connectivity index (χ0v) is 11.8. The highest BCUT2D eigenvalue weighted by molar-refractivity contribution is 5.76. The highest BCUT2D eigenvalue weighted by atomic mass is 16.3. The fourth-order valence-corrected chi connectivity index (χ4v) is 2.51. The number of aliphatic hydroxyl groups is 1. The molecule has 1 aliphatic heterocycles. The van der Waals surface area contributed by atoms with Crippen molar-refractivity contribution in [3.63, 3.8) is 0 Å². The van der Waals surface area contributed by atoms with Crippen molar-refractivity contribution < 1.29 is 9.90 Å². The Morgan fingerprint density at radius 3 is 3.00 bits per heavy atom. The molecule has 0 aliphatic carbocycles. The molecule has 1 saturated heterocycles. The standard InChI is InChI=1S/C14H28N2O2/c1-3-4-5-7-13(17)10-12-11-14(18)15-8-6-9-16(12)2/h12-13,17H,3-11H2,1-2H3,(H,15,18)/t12-,13-/m1/s1. The molecule has 1 heterocycles. The van der Waals surface area contributed by atoms with E-state index in [9.17, 15) is 9.90 Å². The van der Waals surface area contributed by atoms with Crippen LogP contribution in [0.5, 0.6) is 0 Å². The Labute approximate surface area is 111 Å². The Morgan fingerprint density at radius 2 is 2.28 bits per heavy atom. The van der Waals surface area contributed by atoms with Gasteiger partial charge in [-0.3, -0.25) is 4.79 Å². The molecule has 0 bridgehead atoms. The molecule has 2 atom stereocenters. The lowest BCUT2D eigenvalue weighted by Gasteiger charge is -2.31. The molecule has 0 aromatic carbocycles. The van der Waals surface area contributed by atoms with E-state index >= 15 is 0 Å². The zero-order valence-electron chi connectivity index (χ0n) is 11.8. The van der Waals surface area contributed by atoms with Crippen molar-refractivity contribution in [3.8, 4) is 0 Å². The largest absolute Gasteiger partial charge is 0.393 e. The Bertz CT molecular complexity index is 246. The Kier molecular flexibility index (Phi) is 7.28. The number of carbonyl (C=O) groups excluding carboxylic acids is 1. The number of nitrogens with one attached hydrogen (secondary N) is 1. The van der Waals surface area contributed by atoms with Crippen molar-refractivity contribution in [2.75, 3.05) is 20.1 Å². The maximum atomic E-state index is 11.6. The van der Waals surface area contributed by atoms with Crippen molar-refractivity contribution in [2.24, 2.45) is 0 Å². The van der Waals surface area contributed by atoms with Crippen molar-refractivity contribution in [2.45, 2.75) is 64.0 Å². The normalized spacial score (nSPS) is 24.2. The molecule has 106 valence electrons. The van der Waals surface area contributed by atoms with Crippen LogP contribution in [0.3, 0.4) is 0 Å². The smallest absolute Gasteiger partial charge is 0.221 e. The van der Waals surface area contributed by atoms with Gasteiger partial charge in [0.05, 0.1) is 6.10 Å². The van der Waals surface area contributed by atoms with Gasteiger partial charge in [-0.1, -0.05) is 26.2 Å². The first-order chi connectivity index (χ1) is 8.63. The van der Waals surface area contributed by atoms with Gasteiger partial charge in [-0.25, -0.2) is 0 Å². The summed E-state index contributed by atoms with van der Waals surface area (Å²) in [7, 11) is 2.06. The lowest BCUT2D eigenvalue weighted by atomic mass is 9.99. The number of carbonyl (C=O) groups is 1. The molecular formula is C14H28N2O2. The van der Waals surface area contributed by atoms with E-state index < -0.39 is 0 Å². The number of hydrogen-bond donors (Lipinski definition) is 2. The van der Waals surface area contributed by atoms with Crippen LogP contribution in [0.4, 0.5) is 0 Å². The fraction of sp³-hybridized carbons (Fsp3) is 0.929. The summed E-state index contributed by atoms with van der Waals surface area (Å²) < 4.78 is 0. The molecule has 4 heteroatoms. The fourth-order valence-electron chi connectivity index (χ4n) is 2.51. The summed E-state index contributed by atoms with van der Waals surface area (Å²) in [6.07, 6.45) is 6.26. The van der Waals surface area contributed by atoms with E-state index in [-0.39, 0.29) is 18.1 Å². The highest BCUT2D eigenvalue weighted by Crippen LogP contribution is 2.15. The summed E-state index contributed by atoms with van der Waals surface area (Å²) in [6, 6.07) is 0.182. The van der Waals surface area contributed by atoms with Gasteiger partial charge in [0.1, 0.15) is 0 Å². The molecule has 0 aromatic heterocycles. The van der Waals surface area contributed by atoms with Gasteiger partial charge < -0.3 is 15.3 Å². The van der Waals surface area contributed by atoms with Crippen LogP contribution in [0.15, 0.2) is 0 Å². The number of aliphatic hydroxyl groups excluding tert-OH is 1. The van der Waals surface area contributed by atoms with Gasteiger partial charge in [0.25, 0.3) is 0 Å². The molecule has 1 aliphatic rings. The van der Waals surface area contributed by atoms with Crippen LogP contribution >= 0.6 is 0 Å². The van der Waals surface area contributed by atoms with E-state index in [2.05, 4.69) is 24.2 Å². The SMILES string of the molecule is CCCCC[C@@H](O)C[C@@H]1CC(=O)NCCCN1C. The van der Waals surface area contributed by atoms with E-state index in [0.29, 0.717) is 12.8 Å². The quantitative estimate of drug-likeness (QED) is 0.709. The molecule has 1 fully saturated rings. The predicted octanol–water partition coefficient (Wildman–Crippen LogP) is 1.53. The van der Waals surface area contributed by atoms with Gasteiger partial charge in [0.2, 0.25) is 5.91 Å². The van der Waals surface area contributed by atoms with Gasteiger partial charge in [-0.15, -0.1) is 0 Å². The molecule has 1 amide bonds.